The van der Waals surface area contributed by atoms with Gasteiger partial charge in [0.15, 0.2) is 0 Å². The van der Waals surface area contributed by atoms with Crippen LogP contribution in [0.2, 0.25) is 0 Å². The lowest BCUT2D eigenvalue weighted by molar-refractivity contribution is -0.141. The number of nitrogens with zero attached hydrogens (tertiary/aromatic N) is 1. The molecule has 0 saturated carbocycles. The summed E-state index contributed by atoms with van der Waals surface area (Å²) < 4.78 is 0. The average molecular weight is 246 g/mol. The number of aldehydes is 1. The SMILES string of the molecule is O=Cc1ccc(C(=O)NN2C(=O)CCC2=O)cc1. The number of carbonyl (C=O) groups is 4. The number of carbonyl (C=O) groups excluding carboxylic acids is 4. The Hall–Kier alpha value is -2.50. The fraction of sp³-hybridized carbons (Fsp3) is 0.167. The Bertz CT molecular complexity index is 505. The lowest BCUT2D eigenvalue weighted by atomic mass is 10.1. The summed E-state index contributed by atoms with van der Waals surface area (Å²) >= 11 is 0. The van der Waals surface area contributed by atoms with Crippen molar-refractivity contribution in [1.29, 1.82) is 0 Å². The molecule has 1 aliphatic heterocycles. The molecule has 1 fully saturated rings. The molecule has 0 radical (unpaired) electrons. The van der Waals surface area contributed by atoms with E-state index in [1.807, 2.05) is 0 Å². The molecule has 3 amide bonds. The van der Waals surface area contributed by atoms with Gasteiger partial charge in [-0.1, -0.05) is 12.1 Å². The van der Waals surface area contributed by atoms with E-state index < -0.39 is 17.7 Å². The first-order valence-corrected chi connectivity index (χ1v) is 5.34. The van der Waals surface area contributed by atoms with Crippen LogP contribution in [0.25, 0.3) is 0 Å². The molecule has 0 unspecified atom stereocenters. The van der Waals surface area contributed by atoms with Gasteiger partial charge >= 0.3 is 0 Å². The van der Waals surface area contributed by atoms with Crippen LogP contribution in [-0.4, -0.2) is 29.0 Å². The van der Waals surface area contributed by atoms with Crippen molar-refractivity contribution in [3.63, 3.8) is 0 Å². The Kier molecular flexibility index (Phi) is 3.18. The van der Waals surface area contributed by atoms with Gasteiger partial charge in [-0.3, -0.25) is 24.6 Å². The zero-order valence-electron chi connectivity index (χ0n) is 9.38. The number of amides is 3. The molecule has 0 atom stereocenters. The van der Waals surface area contributed by atoms with E-state index in [-0.39, 0.29) is 18.4 Å². The Morgan fingerprint density at radius 3 is 2.17 bits per heavy atom. The van der Waals surface area contributed by atoms with Crippen LogP contribution in [-0.2, 0) is 9.59 Å². The van der Waals surface area contributed by atoms with Crippen molar-refractivity contribution in [2.24, 2.45) is 0 Å². The topological polar surface area (TPSA) is 83.6 Å². The molecule has 0 aliphatic carbocycles. The molecule has 1 aliphatic rings. The number of nitrogens with one attached hydrogen (secondary N) is 1. The molecular formula is C12H10N2O4. The molecule has 1 N–H and O–H groups in total. The summed E-state index contributed by atoms with van der Waals surface area (Å²) in [4.78, 5) is 44.8. The number of hydrogen-bond donors (Lipinski definition) is 1. The summed E-state index contributed by atoms with van der Waals surface area (Å²) in [7, 11) is 0. The van der Waals surface area contributed by atoms with Gasteiger partial charge in [-0.05, 0) is 12.1 Å². The summed E-state index contributed by atoms with van der Waals surface area (Å²) in [6.07, 6.45) is 0.890. The van der Waals surface area contributed by atoms with Crippen molar-refractivity contribution in [1.82, 2.24) is 10.4 Å². The fourth-order valence-electron chi connectivity index (χ4n) is 1.58. The molecule has 1 aromatic carbocycles. The lowest BCUT2D eigenvalue weighted by Crippen LogP contribution is -2.45. The van der Waals surface area contributed by atoms with E-state index in [0.29, 0.717) is 11.8 Å². The van der Waals surface area contributed by atoms with Crippen LogP contribution in [0, 0.1) is 0 Å². The standard InChI is InChI=1S/C12H10N2O4/c15-7-8-1-3-9(4-2-8)12(18)13-14-10(16)5-6-11(14)17/h1-4,7H,5-6H2,(H,13,18). The molecule has 1 heterocycles. The fourth-order valence-corrected chi connectivity index (χ4v) is 1.58. The van der Waals surface area contributed by atoms with E-state index in [2.05, 4.69) is 5.43 Å². The van der Waals surface area contributed by atoms with Crippen LogP contribution in [0.5, 0.6) is 0 Å². The van der Waals surface area contributed by atoms with E-state index in [1.54, 1.807) is 0 Å². The zero-order valence-corrected chi connectivity index (χ0v) is 9.38. The first kappa shape index (κ1) is 12.0. The highest BCUT2D eigenvalue weighted by molar-refractivity contribution is 6.05. The van der Waals surface area contributed by atoms with E-state index in [1.165, 1.54) is 24.3 Å². The zero-order chi connectivity index (χ0) is 13.1. The van der Waals surface area contributed by atoms with Crippen LogP contribution < -0.4 is 5.43 Å². The van der Waals surface area contributed by atoms with Gasteiger partial charge in [0, 0.05) is 24.0 Å². The second-order valence-corrected chi connectivity index (χ2v) is 3.80. The minimum absolute atomic E-state index is 0.114. The molecule has 1 saturated heterocycles. The van der Waals surface area contributed by atoms with Crippen LogP contribution in [0.4, 0.5) is 0 Å². The van der Waals surface area contributed by atoms with E-state index in [9.17, 15) is 19.2 Å². The monoisotopic (exact) mass is 246 g/mol. The molecule has 0 aromatic heterocycles. The number of rotatable bonds is 3. The van der Waals surface area contributed by atoms with E-state index >= 15 is 0 Å². The molecule has 0 spiro atoms. The first-order chi connectivity index (χ1) is 8.61. The highest BCUT2D eigenvalue weighted by Crippen LogP contribution is 2.10. The Balaban J connectivity index is 2.09. The minimum atomic E-state index is -0.559. The minimum Gasteiger partial charge on any atom is -0.298 e. The molecule has 0 bridgehead atoms. The summed E-state index contributed by atoms with van der Waals surface area (Å²) in [5, 5.41) is 0.732. The predicted molar refractivity (Wildman–Crippen MR) is 60.4 cm³/mol. The quantitative estimate of drug-likeness (QED) is 0.613. The highest BCUT2D eigenvalue weighted by atomic mass is 16.2. The van der Waals surface area contributed by atoms with Crippen molar-refractivity contribution >= 4 is 24.0 Å². The van der Waals surface area contributed by atoms with Crippen molar-refractivity contribution in [3.8, 4) is 0 Å². The molecule has 92 valence electrons. The van der Waals surface area contributed by atoms with Gasteiger partial charge in [0.05, 0.1) is 0 Å². The normalized spacial score (nSPS) is 14.8. The summed E-state index contributed by atoms with van der Waals surface area (Å²) in [5.74, 6) is -1.40. The second kappa shape index (κ2) is 4.79. The van der Waals surface area contributed by atoms with Gasteiger partial charge < -0.3 is 0 Å². The van der Waals surface area contributed by atoms with Gasteiger partial charge in [0.1, 0.15) is 6.29 Å². The molecule has 1 aromatic rings. The largest absolute Gasteiger partial charge is 0.298 e. The van der Waals surface area contributed by atoms with Crippen LogP contribution >= 0.6 is 0 Å². The maximum atomic E-state index is 11.7. The van der Waals surface area contributed by atoms with Crippen molar-refractivity contribution < 1.29 is 19.2 Å². The molecule has 6 heteroatoms. The van der Waals surface area contributed by atoms with Crippen LogP contribution in [0.15, 0.2) is 24.3 Å². The highest BCUT2D eigenvalue weighted by Gasteiger charge is 2.30. The number of hydrogen-bond acceptors (Lipinski definition) is 4. The maximum absolute atomic E-state index is 11.7. The smallest absolute Gasteiger partial charge is 0.270 e. The van der Waals surface area contributed by atoms with Crippen molar-refractivity contribution in [2.45, 2.75) is 12.8 Å². The molecule has 6 nitrogen and oxygen atoms in total. The molecular weight excluding hydrogens is 236 g/mol. The van der Waals surface area contributed by atoms with Crippen LogP contribution in [0.1, 0.15) is 33.6 Å². The van der Waals surface area contributed by atoms with Gasteiger partial charge in [0.2, 0.25) is 11.8 Å². The van der Waals surface area contributed by atoms with Gasteiger partial charge in [-0.2, -0.15) is 5.01 Å². The number of imide groups is 1. The third kappa shape index (κ3) is 2.27. The van der Waals surface area contributed by atoms with Crippen molar-refractivity contribution in [2.75, 3.05) is 0 Å². The lowest BCUT2D eigenvalue weighted by Gasteiger charge is -2.14. The van der Waals surface area contributed by atoms with Gasteiger partial charge in [-0.25, -0.2) is 0 Å². The Morgan fingerprint density at radius 2 is 1.67 bits per heavy atom. The number of benzene rings is 1. The summed E-state index contributed by atoms with van der Waals surface area (Å²) in [6.45, 7) is 0. The Morgan fingerprint density at radius 1 is 1.11 bits per heavy atom. The average Bonchev–Trinajstić information content (AvgIpc) is 2.70. The second-order valence-electron chi connectivity index (χ2n) is 3.80. The molecule has 18 heavy (non-hydrogen) atoms. The molecule has 2 rings (SSSR count). The first-order valence-electron chi connectivity index (χ1n) is 5.34. The van der Waals surface area contributed by atoms with Crippen LogP contribution in [0.3, 0.4) is 0 Å². The van der Waals surface area contributed by atoms with E-state index in [4.69, 9.17) is 0 Å². The third-order valence-corrected chi connectivity index (χ3v) is 2.57. The predicted octanol–water partition coefficient (Wildman–Crippen LogP) is 0.293. The number of hydrazine groups is 1. The van der Waals surface area contributed by atoms with Gasteiger partial charge in [-0.15, -0.1) is 0 Å². The Labute approximate surface area is 103 Å². The van der Waals surface area contributed by atoms with Gasteiger partial charge in [0.25, 0.3) is 5.91 Å². The summed E-state index contributed by atoms with van der Waals surface area (Å²) in [5.41, 5.74) is 2.95. The maximum Gasteiger partial charge on any atom is 0.270 e. The summed E-state index contributed by atoms with van der Waals surface area (Å²) in [6, 6.07) is 5.86. The third-order valence-electron chi connectivity index (χ3n) is 2.57. The van der Waals surface area contributed by atoms with Crippen molar-refractivity contribution in [3.05, 3.63) is 35.4 Å². The van der Waals surface area contributed by atoms with E-state index in [0.717, 1.165) is 5.01 Å².